The lowest BCUT2D eigenvalue weighted by molar-refractivity contribution is -0.157. The molecule has 4 nitrogen and oxygen atoms in total. The van der Waals surface area contributed by atoms with E-state index >= 15 is 0 Å². The van der Waals surface area contributed by atoms with Gasteiger partial charge in [0, 0.05) is 25.5 Å². The summed E-state index contributed by atoms with van der Waals surface area (Å²) in [7, 11) is 0. The van der Waals surface area contributed by atoms with Crippen molar-refractivity contribution in [1.29, 1.82) is 0 Å². The van der Waals surface area contributed by atoms with Crippen LogP contribution in [-0.2, 0) is 9.59 Å². The molecular formula is C14H23NO3. The molecule has 0 aromatic carbocycles. The maximum Gasteiger partial charge on any atom is 0.229 e. The third-order valence-electron chi connectivity index (χ3n) is 4.49. The first kappa shape index (κ1) is 13.5. The summed E-state index contributed by atoms with van der Waals surface area (Å²) in [5, 5.41) is 8.93. The highest BCUT2D eigenvalue weighted by Crippen LogP contribution is 2.45. The van der Waals surface area contributed by atoms with Crippen molar-refractivity contribution in [3.8, 4) is 0 Å². The fraction of sp³-hybridized carbons (Fsp3) is 0.857. The second-order valence-corrected chi connectivity index (χ2v) is 5.93. The van der Waals surface area contributed by atoms with Crippen LogP contribution in [0.5, 0.6) is 0 Å². The number of rotatable bonds is 3. The van der Waals surface area contributed by atoms with Crippen LogP contribution in [0, 0.1) is 5.41 Å². The van der Waals surface area contributed by atoms with Crippen LogP contribution in [-0.4, -0.2) is 34.5 Å². The number of aliphatic hydroxyl groups is 1. The van der Waals surface area contributed by atoms with E-state index in [0.29, 0.717) is 19.3 Å². The molecule has 0 aromatic rings. The number of piperidine rings is 1. The highest BCUT2D eigenvalue weighted by molar-refractivity contribution is 5.98. The highest BCUT2D eigenvalue weighted by Gasteiger charge is 2.44. The summed E-state index contributed by atoms with van der Waals surface area (Å²) in [6.45, 7) is 1.86. The Morgan fingerprint density at radius 1 is 1.17 bits per heavy atom. The molecule has 0 aromatic heterocycles. The van der Waals surface area contributed by atoms with Gasteiger partial charge < -0.3 is 5.11 Å². The molecule has 2 rings (SSSR count). The van der Waals surface area contributed by atoms with Gasteiger partial charge in [-0.05, 0) is 31.6 Å². The van der Waals surface area contributed by atoms with Crippen LogP contribution in [0.15, 0.2) is 0 Å². The van der Waals surface area contributed by atoms with Gasteiger partial charge in [0.15, 0.2) is 0 Å². The van der Waals surface area contributed by atoms with Crippen molar-refractivity contribution in [2.45, 2.75) is 64.3 Å². The number of imide groups is 1. The Morgan fingerprint density at radius 2 is 1.72 bits per heavy atom. The van der Waals surface area contributed by atoms with Crippen LogP contribution in [0.1, 0.15) is 58.3 Å². The number of amides is 2. The molecule has 1 unspecified atom stereocenters. The summed E-state index contributed by atoms with van der Waals surface area (Å²) in [6, 6.07) is -0.170. The maximum atomic E-state index is 12.2. The summed E-state index contributed by atoms with van der Waals surface area (Å²) in [4.78, 5) is 25.8. The molecule has 2 amide bonds. The summed E-state index contributed by atoms with van der Waals surface area (Å²) in [5.41, 5.74) is -0.0398. The molecule has 2 aliphatic rings. The van der Waals surface area contributed by atoms with Crippen LogP contribution in [0.3, 0.4) is 0 Å². The van der Waals surface area contributed by atoms with Gasteiger partial charge >= 0.3 is 0 Å². The van der Waals surface area contributed by atoms with Crippen molar-refractivity contribution in [2.24, 2.45) is 5.41 Å². The van der Waals surface area contributed by atoms with E-state index in [0.717, 1.165) is 25.7 Å². The predicted molar refractivity (Wildman–Crippen MR) is 67.8 cm³/mol. The van der Waals surface area contributed by atoms with Crippen molar-refractivity contribution >= 4 is 11.8 Å². The molecule has 1 atom stereocenters. The minimum Gasteiger partial charge on any atom is -0.396 e. The first-order chi connectivity index (χ1) is 8.58. The SMILES string of the molecule is CC(CCO)N1C(=O)CC2(CCCCC2)CC1=O. The van der Waals surface area contributed by atoms with E-state index in [-0.39, 0.29) is 29.9 Å². The monoisotopic (exact) mass is 253 g/mol. The fourth-order valence-electron chi connectivity index (χ4n) is 3.48. The van der Waals surface area contributed by atoms with Crippen molar-refractivity contribution in [1.82, 2.24) is 4.90 Å². The van der Waals surface area contributed by atoms with E-state index in [1.54, 1.807) is 0 Å². The van der Waals surface area contributed by atoms with E-state index in [2.05, 4.69) is 0 Å². The standard InChI is InChI=1S/C14H23NO3/c1-11(5-8-16)15-12(17)9-14(10-13(15)18)6-3-2-4-7-14/h11,16H,2-10H2,1H3. The number of hydrogen-bond acceptors (Lipinski definition) is 3. The lowest BCUT2D eigenvalue weighted by atomic mass is 9.67. The zero-order valence-corrected chi connectivity index (χ0v) is 11.2. The quantitative estimate of drug-likeness (QED) is 0.781. The molecule has 1 spiro atoms. The smallest absolute Gasteiger partial charge is 0.229 e. The molecule has 0 bridgehead atoms. The van der Waals surface area contributed by atoms with Crippen LogP contribution < -0.4 is 0 Å². The molecule has 4 heteroatoms. The third-order valence-corrected chi connectivity index (χ3v) is 4.49. The Morgan fingerprint density at radius 3 is 2.22 bits per heavy atom. The lowest BCUT2D eigenvalue weighted by Crippen LogP contribution is -2.52. The Balaban J connectivity index is 2.07. The van der Waals surface area contributed by atoms with Gasteiger partial charge in [0.1, 0.15) is 0 Å². The number of aliphatic hydroxyl groups excluding tert-OH is 1. The molecule has 1 saturated carbocycles. The van der Waals surface area contributed by atoms with E-state index in [4.69, 9.17) is 5.11 Å². The Kier molecular flexibility index (Phi) is 4.05. The van der Waals surface area contributed by atoms with E-state index in [1.165, 1.54) is 11.3 Å². The fourth-order valence-corrected chi connectivity index (χ4v) is 3.48. The van der Waals surface area contributed by atoms with E-state index in [1.807, 2.05) is 6.92 Å². The first-order valence-electron chi connectivity index (χ1n) is 7.04. The molecule has 1 aliphatic heterocycles. The summed E-state index contributed by atoms with van der Waals surface area (Å²) in [6.07, 6.45) is 7.08. The van der Waals surface area contributed by atoms with Crippen molar-refractivity contribution in [3.05, 3.63) is 0 Å². The van der Waals surface area contributed by atoms with E-state index in [9.17, 15) is 9.59 Å². The highest BCUT2D eigenvalue weighted by atomic mass is 16.3. The molecule has 1 N–H and O–H groups in total. The number of carbonyl (C=O) groups excluding carboxylic acids is 2. The van der Waals surface area contributed by atoms with Gasteiger partial charge in [0.25, 0.3) is 0 Å². The molecule has 0 radical (unpaired) electrons. The number of hydrogen-bond donors (Lipinski definition) is 1. The third kappa shape index (κ3) is 2.58. The topological polar surface area (TPSA) is 57.6 Å². The van der Waals surface area contributed by atoms with Gasteiger partial charge in [-0.3, -0.25) is 14.5 Å². The van der Waals surface area contributed by atoms with Gasteiger partial charge in [0.2, 0.25) is 11.8 Å². The molecule has 102 valence electrons. The van der Waals surface area contributed by atoms with Crippen LogP contribution >= 0.6 is 0 Å². The molecule has 1 aliphatic carbocycles. The second-order valence-electron chi connectivity index (χ2n) is 5.93. The van der Waals surface area contributed by atoms with Crippen molar-refractivity contribution in [3.63, 3.8) is 0 Å². The van der Waals surface area contributed by atoms with Gasteiger partial charge in [-0.25, -0.2) is 0 Å². The number of nitrogens with zero attached hydrogens (tertiary/aromatic N) is 1. The average molecular weight is 253 g/mol. The number of likely N-dealkylation sites (tertiary alicyclic amines) is 1. The van der Waals surface area contributed by atoms with Crippen LogP contribution in [0.4, 0.5) is 0 Å². The molecule has 2 fully saturated rings. The van der Waals surface area contributed by atoms with Crippen molar-refractivity contribution < 1.29 is 14.7 Å². The predicted octanol–water partition coefficient (Wildman–Crippen LogP) is 1.86. The summed E-state index contributed by atoms with van der Waals surface area (Å²) >= 11 is 0. The molecular weight excluding hydrogens is 230 g/mol. The van der Waals surface area contributed by atoms with Gasteiger partial charge in [-0.15, -0.1) is 0 Å². The lowest BCUT2D eigenvalue weighted by Gasteiger charge is -2.43. The van der Waals surface area contributed by atoms with E-state index < -0.39 is 0 Å². The van der Waals surface area contributed by atoms with Gasteiger partial charge in [0.05, 0.1) is 0 Å². The Bertz CT molecular complexity index is 314. The van der Waals surface area contributed by atoms with Crippen molar-refractivity contribution in [2.75, 3.05) is 6.61 Å². The normalized spacial score (nSPS) is 25.6. The summed E-state index contributed by atoms with van der Waals surface area (Å²) < 4.78 is 0. The average Bonchev–Trinajstić information content (AvgIpc) is 2.28. The first-order valence-corrected chi connectivity index (χ1v) is 7.04. The molecule has 18 heavy (non-hydrogen) atoms. The maximum absolute atomic E-state index is 12.2. The molecule has 1 heterocycles. The zero-order valence-electron chi connectivity index (χ0n) is 11.2. The zero-order chi connectivity index (χ0) is 13.2. The minimum absolute atomic E-state index is 0.0172. The Labute approximate surface area is 108 Å². The van der Waals surface area contributed by atoms with Crippen LogP contribution in [0.25, 0.3) is 0 Å². The second kappa shape index (κ2) is 5.39. The largest absolute Gasteiger partial charge is 0.396 e. The Hall–Kier alpha value is -0.900. The van der Waals surface area contributed by atoms with Gasteiger partial charge in [-0.2, -0.15) is 0 Å². The minimum atomic E-state index is -0.170. The summed E-state index contributed by atoms with van der Waals surface area (Å²) in [5.74, 6) is -0.0665. The molecule has 1 saturated heterocycles. The number of carbonyl (C=O) groups is 2. The van der Waals surface area contributed by atoms with Crippen LogP contribution in [0.2, 0.25) is 0 Å². The van der Waals surface area contributed by atoms with Gasteiger partial charge in [-0.1, -0.05) is 19.3 Å².